The van der Waals surface area contributed by atoms with Gasteiger partial charge in [0, 0.05) is 17.9 Å². The molecule has 0 fully saturated rings. The van der Waals surface area contributed by atoms with Gasteiger partial charge in [-0.15, -0.1) is 11.3 Å². The number of nitriles is 1. The third-order valence-corrected chi connectivity index (χ3v) is 2.37. The first-order valence-corrected chi connectivity index (χ1v) is 4.94. The highest BCUT2D eigenvalue weighted by atomic mass is 32.1. The second-order valence-electron chi connectivity index (χ2n) is 2.53. The van der Waals surface area contributed by atoms with Crippen LogP contribution in [0, 0.1) is 11.3 Å². The van der Waals surface area contributed by atoms with E-state index in [9.17, 15) is 4.79 Å². The van der Waals surface area contributed by atoms with E-state index in [-0.39, 0.29) is 18.9 Å². The van der Waals surface area contributed by atoms with E-state index in [1.807, 2.05) is 6.07 Å². The van der Waals surface area contributed by atoms with E-state index in [0.29, 0.717) is 10.6 Å². The molecule has 0 aromatic carbocycles. The molecule has 0 aliphatic carbocycles. The minimum atomic E-state index is -0.263. The van der Waals surface area contributed by atoms with Crippen LogP contribution in [0.3, 0.4) is 0 Å². The number of carbonyl (C=O) groups excluding carboxylic acids is 1. The van der Waals surface area contributed by atoms with E-state index in [1.165, 1.54) is 11.3 Å². The van der Waals surface area contributed by atoms with Crippen LogP contribution < -0.4 is 5.32 Å². The quantitative estimate of drug-likeness (QED) is 0.478. The molecule has 0 unspecified atom stereocenters. The van der Waals surface area contributed by atoms with Gasteiger partial charge in [0.05, 0.1) is 5.56 Å². The van der Waals surface area contributed by atoms with E-state index in [0.717, 1.165) is 0 Å². The summed E-state index contributed by atoms with van der Waals surface area (Å²) in [4.78, 5) is 13.8. The van der Waals surface area contributed by atoms with Crippen LogP contribution >= 0.6 is 11.3 Å². The lowest BCUT2D eigenvalue weighted by Crippen LogP contribution is -2.11. The molecule has 1 rings (SSSR count). The zero-order valence-corrected chi connectivity index (χ0v) is 8.49. The molecule has 1 N–H and O–H groups in total. The number of nitrogens with one attached hydrogen (secondary N) is 1. The molecule has 1 heterocycles. The van der Waals surface area contributed by atoms with Crippen molar-refractivity contribution in [2.45, 2.75) is 6.42 Å². The molecule has 15 heavy (non-hydrogen) atoms. The SMILES string of the molecule is N#Cc1ccsc1NC(=O)CCN=[N+]=[N-]. The summed E-state index contributed by atoms with van der Waals surface area (Å²) in [5, 5.41) is 16.7. The van der Waals surface area contributed by atoms with Crippen molar-refractivity contribution >= 4 is 22.2 Å². The van der Waals surface area contributed by atoms with Gasteiger partial charge >= 0.3 is 0 Å². The first-order chi connectivity index (χ1) is 7.27. The molecule has 0 atom stereocenters. The third-order valence-electron chi connectivity index (χ3n) is 1.54. The molecule has 0 radical (unpaired) electrons. The van der Waals surface area contributed by atoms with Gasteiger partial charge in [-0.2, -0.15) is 5.26 Å². The smallest absolute Gasteiger partial charge is 0.225 e. The molecule has 0 saturated carbocycles. The molecule has 0 bridgehead atoms. The fourth-order valence-corrected chi connectivity index (χ4v) is 1.63. The van der Waals surface area contributed by atoms with E-state index in [2.05, 4.69) is 15.3 Å². The van der Waals surface area contributed by atoms with Crippen molar-refractivity contribution in [3.63, 3.8) is 0 Å². The Morgan fingerprint density at radius 3 is 3.27 bits per heavy atom. The number of carbonyl (C=O) groups is 1. The van der Waals surface area contributed by atoms with Gasteiger partial charge in [-0.3, -0.25) is 4.79 Å². The lowest BCUT2D eigenvalue weighted by Gasteiger charge is -2.00. The Hall–Kier alpha value is -2.03. The number of rotatable bonds is 4. The molecule has 0 aliphatic heterocycles. The molecule has 7 heteroatoms. The second kappa shape index (κ2) is 5.65. The van der Waals surface area contributed by atoms with Crippen molar-refractivity contribution in [2.75, 3.05) is 11.9 Å². The maximum atomic E-state index is 11.3. The van der Waals surface area contributed by atoms with Crippen molar-refractivity contribution < 1.29 is 4.79 Å². The number of hydrogen-bond acceptors (Lipinski definition) is 4. The largest absolute Gasteiger partial charge is 0.317 e. The summed E-state index contributed by atoms with van der Waals surface area (Å²) in [7, 11) is 0. The fourth-order valence-electron chi connectivity index (χ4n) is 0.880. The Bertz CT molecular complexity index is 440. The highest BCUT2D eigenvalue weighted by Gasteiger charge is 2.06. The van der Waals surface area contributed by atoms with Gasteiger partial charge in [-0.1, -0.05) is 5.11 Å². The monoisotopic (exact) mass is 221 g/mol. The van der Waals surface area contributed by atoms with E-state index >= 15 is 0 Å². The minimum Gasteiger partial charge on any atom is -0.317 e. The minimum absolute atomic E-state index is 0.118. The highest BCUT2D eigenvalue weighted by molar-refractivity contribution is 7.14. The Balaban J connectivity index is 2.52. The molecule has 76 valence electrons. The van der Waals surface area contributed by atoms with E-state index in [4.69, 9.17) is 10.8 Å². The lowest BCUT2D eigenvalue weighted by atomic mass is 10.3. The first kappa shape index (κ1) is 11.0. The number of anilines is 1. The van der Waals surface area contributed by atoms with Gasteiger partial charge < -0.3 is 5.32 Å². The Morgan fingerprint density at radius 2 is 2.60 bits per heavy atom. The van der Waals surface area contributed by atoms with Crippen LogP contribution in [0.5, 0.6) is 0 Å². The normalized spacial score (nSPS) is 8.73. The predicted molar refractivity (Wildman–Crippen MR) is 56.3 cm³/mol. The molecule has 0 saturated heterocycles. The Kier molecular flexibility index (Phi) is 4.16. The van der Waals surface area contributed by atoms with Gasteiger partial charge in [0.25, 0.3) is 0 Å². The summed E-state index contributed by atoms with van der Waals surface area (Å²) in [6, 6.07) is 3.59. The molecule has 1 aromatic heterocycles. The summed E-state index contributed by atoms with van der Waals surface area (Å²) in [6.45, 7) is 0.121. The van der Waals surface area contributed by atoms with Gasteiger partial charge in [0.2, 0.25) is 5.91 Å². The lowest BCUT2D eigenvalue weighted by molar-refractivity contribution is -0.116. The predicted octanol–water partition coefficient (Wildman–Crippen LogP) is 2.26. The summed E-state index contributed by atoms with van der Waals surface area (Å²) < 4.78 is 0. The van der Waals surface area contributed by atoms with Crippen LogP contribution in [0.25, 0.3) is 10.4 Å². The van der Waals surface area contributed by atoms with Crippen LogP contribution in [0.1, 0.15) is 12.0 Å². The highest BCUT2D eigenvalue weighted by Crippen LogP contribution is 2.22. The zero-order valence-electron chi connectivity index (χ0n) is 7.67. The summed E-state index contributed by atoms with van der Waals surface area (Å²) in [5.74, 6) is -0.263. The van der Waals surface area contributed by atoms with Crippen molar-refractivity contribution in [3.8, 4) is 6.07 Å². The molecule has 6 nitrogen and oxygen atoms in total. The van der Waals surface area contributed by atoms with Crippen molar-refractivity contribution in [3.05, 3.63) is 27.5 Å². The summed E-state index contributed by atoms with van der Waals surface area (Å²) >= 11 is 1.28. The van der Waals surface area contributed by atoms with Crippen LogP contribution in [0.15, 0.2) is 16.6 Å². The number of thiophene rings is 1. The molecule has 1 aromatic rings. The topological polar surface area (TPSA) is 102 Å². The number of azide groups is 1. The average molecular weight is 221 g/mol. The standard InChI is InChI=1S/C8H7N5OS/c9-5-6-2-4-15-8(6)12-7(14)1-3-11-13-10/h2,4H,1,3H2,(H,12,14). The van der Waals surface area contributed by atoms with E-state index in [1.54, 1.807) is 11.4 Å². The summed E-state index contributed by atoms with van der Waals surface area (Å²) in [5.41, 5.74) is 8.45. The van der Waals surface area contributed by atoms with Gasteiger partial charge in [0.1, 0.15) is 11.1 Å². The second-order valence-corrected chi connectivity index (χ2v) is 3.44. The Morgan fingerprint density at radius 1 is 1.80 bits per heavy atom. The molecular formula is C8H7N5OS. The molecule has 1 amide bonds. The van der Waals surface area contributed by atoms with Crippen LogP contribution in [-0.4, -0.2) is 12.5 Å². The first-order valence-electron chi connectivity index (χ1n) is 4.06. The number of nitrogens with zero attached hydrogens (tertiary/aromatic N) is 4. The van der Waals surface area contributed by atoms with E-state index < -0.39 is 0 Å². The van der Waals surface area contributed by atoms with Crippen LogP contribution in [-0.2, 0) is 4.79 Å². The van der Waals surface area contributed by atoms with Crippen molar-refractivity contribution in [1.82, 2.24) is 0 Å². The molecule has 0 aliphatic rings. The van der Waals surface area contributed by atoms with Crippen LogP contribution in [0.2, 0.25) is 0 Å². The average Bonchev–Trinajstić information content (AvgIpc) is 2.65. The van der Waals surface area contributed by atoms with Crippen LogP contribution in [0.4, 0.5) is 5.00 Å². The third kappa shape index (κ3) is 3.31. The Labute approximate surface area is 89.8 Å². The van der Waals surface area contributed by atoms with Gasteiger partial charge in [0.15, 0.2) is 0 Å². The van der Waals surface area contributed by atoms with Crippen molar-refractivity contribution in [1.29, 1.82) is 5.26 Å². The van der Waals surface area contributed by atoms with Crippen molar-refractivity contribution in [2.24, 2.45) is 5.11 Å². The maximum Gasteiger partial charge on any atom is 0.225 e. The zero-order chi connectivity index (χ0) is 11.1. The number of hydrogen-bond donors (Lipinski definition) is 1. The summed E-state index contributed by atoms with van der Waals surface area (Å²) in [6.07, 6.45) is 0.118. The molecular weight excluding hydrogens is 214 g/mol. The molecule has 0 spiro atoms. The maximum absolute atomic E-state index is 11.3. The van der Waals surface area contributed by atoms with Gasteiger partial charge in [-0.05, 0) is 17.0 Å². The fraction of sp³-hybridized carbons (Fsp3) is 0.250. The number of amides is 1. The van der Waals surface area contributed by atoms with Gasteiger partial charge in [-0.25, -0.2) is 0 Å².